The van der Waals surface area contributed by atoms with Gasteiger partial charge in [-0.25, -0.2) is 17.8 Å². The van der Waals surface area contributed by atoms with Gasteiger partial charge in [0, 0.05) is 38.1 Å². The summed E-state index contributed by atoms with van der Waals surface area (Å²) in [5.74, 6) is -0.0500. The van der Waals surface area contributed by atoms with Crippen molar-refractivity contribution in [1.82, 2.24) is 13.9 Å². The smallest absolute Gasteiger partial charge is 0.361 e. The number of benzene rings is 1. The Morgan fingerprint density at radius 2 is 1.88 bits per heavy atom. The number of halogens is 4. The molecule has 2 aliphatic rings. The van der Waals surface area contributed by atoms with Gasteiger partial charge in [0.2, 0.25) is 0 Å². The van der Waals surface area contributed by atoms with Crippen LogP contribution in [0.5, 0.6) is 0 Å². The van der Waals surface area contributed by atoms with Crippen molar-refractivity contribution >= 4 is 15.7 Å². The molecule has 1 atom stereocenters. The summed E-state index contributed by atoms with van der Waals surface area (Å²) in [5.41, 5.74) is -3.98. The van der Waals surface area contributed by atoms with Gasteiger partial charge in [-0.15, -0.1) is 0 Å². The summed E-state index contributed by atoms with van der Waals surface area (Å²) in [7, 11) is -3.74. The van der Waals surface area contributed by atoms with Crippen LogP contribution in [-0.4, -0.2) is 40.4 Å². The number of hydrogen-bond donors (Lipinski definition) is 0. The van der Waals surface area contributed by atoms with Crippen molar-refractivity contribution in [3.8, 4) is 0 Å². The van der Waals surface area contributed by atoms with E-state index in [2.05, 4.69) is 4.98 Å². The van der Waals surface area contributed by atoms with E-state index >= 15 is 0 Å². The van der Waals surface area contributed by atoms with Crippen molar-refractivity contribution in [2.75, 3.05) is 11.4 Å². The number of anilines is 1. The van der Waals surface area contributed by atoms with Crippen molar-refractivity contribution in [2.24, 2.45) is 13.0 Å². The molecule has 0 saturated heterocycles. The summed E-state index contributed by atoms with van der Waals surface area (Å²) in [5, 5.41) is 0. The Morgan fingerprint density at radius 1 is 1.15 bits per heavy atom. The molecule has 1 saturated carbocycles. The SMILES string of the molecule is Cn1cnc(CN2c3cc(F)ccc3CN(S(=O)(=O)C(F)(F)F)C[C@H]2CCC2CCCC2)c1. The lowest BCUT2D eigenvalue weighted by Crippen LogP contribution is -2.47. The Kier molecular flexibility index (Phi) is 6.73. The molecule has 0 bridgehead atoms. The zero-order chi connectivity index (χ0) is 23.8. The number of sulfonamides is 1. The number of rotatable bonds is 6. The molecule has 2 aromatic rings. The predicted molar refractivity (Wildman–Crippen MR) is 116 cm³/mol. The van der Waals surface area contributed by atoms with E-state index in [4.69, 9.17) is 0 Å². The summed E-state index contributed by atoms with van der Waals surface area (Å²) >= 11 is 0. The molecule has 0 amide bonds. The third kappa shape index (κ3) is 5.18. The van der Waals surface area contributed by atoms with E-state index in [0.717, 1.165) is 38.2 Å². The van der Waals surface area contributed by atoms with Crippen LogP contribution in [0.25, 0.3) is 0 Å². The molecule has 0 spiro atoms. The Hall–Kier alpha value is -2.14. The first-order valence-electron chi connectivity index (χ1n) is 11.1. The third-order valence-electron chi connectivity index (χ3n) is 6.66. The summed E-state index contributed by atoms with van der Waals surface area (Å²) in [6.45, 7) is -0.541. The Labute approximate surface area is 191 Å². The van der Waals surface area contributed by atoms with E-state index < -0.39 is 33.9 Å². The lowest BCUT2D eigenvalue weighted by molar-refractivity contribution is -0.0492. The first-order valence-corrected chi connectivity index (χ1v) is 12.6. The van der Waals surface area contributed by atoms with Gasteiger partial charge in [0.05, 0.1) is 18.6 Å². The van der Waals surface area contributed by atoms with E-state index in [1.807, 2.05) is 11.9 Å². The maximum Gasteiger partial charge on any atom is 0.511 e. The molecule has 1 fully saturated rings. The van der Waals surface area contributed by atoms with Crippen LogP contribution >= 0.6 is 0 Å². The number of nitrogens with zero attached hydrogens (tertiary/aromatic N) is 4. The highest BCUT2D eigenvalue weighted by atomic mass is 32.2. The largest absolute Gasteiger partial charge is 0.511 e. The number of alkyl halides is 3. The molecular formula is C22H28F4N4O2S. The molecule has 4 rings (SSSR count). The zero-order valence-electron chi connectivity index (χ0n) is 18.4. The fourth-order valence-corrected chi connectivity index (χ4v) is 5.93. The van der Waals surface area contributed by atoms with Crippen LogP contribution in [-0.2, 0) is 30.2 Å². The first-order chi connectivity index (χ1) is 15.5. The maximum atomic E-state index is 14.3. The number of fused-ring (bicyclic) bond motifs is 1. The standard InChI is InChI=1S/C22H28F4N4O2S/c1-28-12-19(27-15-28)13-30-20(9-6-16-4-2-3-5-16)14-29(33(31,32)22(24,25)26)11-17-7-8-18(23)10-21(17)30/h7-8,10,12,15-16,20H,2-6,9,11,13-14H2,1H3/t20-/m1/s1. The molecule has 0 radical (unpaired) electrons. The lowest BCUT2D eigenvalue weighted by atomic mass is 9.97. The van der Waals surface area contributed by atoms with Crippen molar-refractivity contribution in [3.63, 3.8) is 0 Å². The van der Waals surface area contributed by atoms with Crippen molar-refractivity contribution in [3.05, 3.63) is 47.8 Å². The van der Waals surface area contributed by atoms with Crippen LogP contribution < -0.4 is 4.90 Å². The van der Waals surface area contributed by atoms with E-state index in [9.17, 15) is 26.0 Å². The summed E-state index contributed by atoms with van der Waals surface area (Å²) in [6, 6.07) is 3.25. The average Bonchev–Trinajstić information content (AvgIpc) is 3.37. The van der Waals surface area contributed by atoms with Crippen molar-refractivity contribution in [1.29, 1.82) is 0 Å². The molecule has 1 aliphatic carbocycles. The predicted octanol–water partition coefficient (Wildman–Crippen LogP) is 4.57. The zero-order valence-corrected chi connectivity index (χ0v) is 19.2. The van der Waals surface area contributed by atoms with Gasteiger partial charge in [-0.2, -0.15) is 17.5 Å². The first kappa shape index (κ1) is 24.0. The van der Waals surface area contributed by atoms with Crippen LogP contribution in [0.3, 0.4) is 0 Å². The summed E-state index contributed by atoms with van der Waals surface area (Å²) in [4.78, 5) is 6.17. The normalized spacial score (nSPS) is 20.8. The summed E-state index contributed by atoms with van der Waals surface area (Å²) in [6.07, 6.45) is 9.12. The highest BCUT2D eigenvalue weighted by molar-refractivity contribution is 7.89. The van der Waals surface area contributed by atoms with Gasteiger partial charge in [0.25, 0.3) is 0 Å². The van der Waals surface area contributed by atoms with Gasteiger partial charge in [0.1, 0.15) is 5.82 Å². The third-order valence-corrected chi connectivity index (χ3v) is 8.21. The fraction of sp³-hybridized carbons (Fsp3) is 0.591. The molecule has 0 N–H and O–H groups in total. The fourth-order valence-electron chi connectivity index (χ4n) is 4.96. The van der Waals surface area contributed by atoms with Crippen molar-refractivity contribution < 1.29 is 26.0 Å². The van der Waals surface area contributed by atoms with E-state index in [-0.39, 0.29) is 13.1 Å². The second kappa shape index (κ2) is 9.25. The molecule has 0 unspecified atom stereocenters. The molecule has 33 heavy (non-hydrogen) atoms. The maximum absolute atomic E-state index is 14.3. The quantitative estimate of drug-likeness (QED) is 0.559. The molecule has 11 heteroatoms. The topological polar surface area (TPSA) is 58.4 Å². The minimum atomic E-state index is -5.54. The Balaban J connectivity index is 1.74. The second-order valence-corrected chi connectivity index (χ2v) is 11.0. The van der Waals surface area contributed by atoms with E-state index in [0.29, 0.717) is 33.6 Å². The highest BCUT2D eigenvalue weighted by Crippen LogP contribution is 2.37. The van der Waals surface area contributed by atoms with Crippen LogP contribution in [0, 0.1) is 11.7 Å². The number of hydrogen-bond acceptors (Lipinski definition) is 4. The molecule has 182 valence electrons. The van der Waals surface area contributed by atoms with Crippen molar-refractivity contribution in [2.45, 2.75) is 63.2 Å². The second-order valence-electron chi connectivity index (χ2n) is 9.06. The molecule has 1 aromatic heterocycles. The minimum Gasteiger partial charge on any atom is -0.361 e. The van der Waals surface area contributed by atoms with Crippen LogP contribution in [0.4, 0.5) is 23.2 Å². The van der Waals surface area contributed by atoms with Gasteiger partial charge in [-0.1, -0.05) is 31.7 Å². The van der Waals surface area contributed by atoms with Crippen LogP contribution in [0.1, 0.15) is 49.8 Å². The van der Waals surface area contributed by atoms with Gasteiger partial charge in [-0.3, -0.25) is 0 Å². The van der Waals surface area contributed by atoms with Gasteiger partial charge in [0.15, 0.2) is 0 Å². The van der Waals surface area contributed by atoms with E-state index in [1.165, 1.54) is 12.1 Å². The van der Waals surface area contributed by atoms with Gasteiger partial charge < -0.3 is 9.47 Å². The van der Waals surface area contributed by atoms with Gasteiger partial charge >= 0.3 is 15.5 Å². The Bertz CT molecular complexity index is 1080. The average molecular weight is 489 g/mol. The molecule has 1 aliphatic heterocycles. The van der Waals surface area contributed by atoms with E-state index in [1.54, 1.807) is 17.1 Å². The number of aryl methyl sites for hydroxylation is 1. The molecule has 6 nitrogen and oxygen atoms in total. The Morgan fingerprint density at radius 3 is 2.52 bits per heavy atom. The van der Waals surface area contributed by atoms with Crippen LogP contribution in [0.15, 0.2) is 30.7 Å². The molecular weight excluding hydrogens is 460 g/mol. The summed E-state index contributed by atoms with van der Waals surface area (Å²) < 4.78 is 81.8. The monoisotopic (exact) mass is 488 g/mol. The van der Waals surface area contributed by atoms with Crippen LogP contribution in [0.2, 0.25) is 0 Å². The molecule has 1 aromatic carbocycles. The number of aromatic nitrogens is 2. The van der Waals surface area contributed by atoms with Gasteiger partial charge in [-0.05, 0) is 36.5 Å². The number of imidazole rings is 1. The minimum absolute atomic E-state index is 0.243. The lowest BCUT2D eigenvalue weighted by Gasteiger charge is -2.34. The molecule has 2 heterocycles. The highest BCUT2D eigenvalue weighted by Gasteiger charge is 2.51.